The van der Waals surface area contributed by atoms with E-state index >= 15 is 0 Å². The van der Waals surface area contributed by atoms with E-state index in [0.717, 1.165) is 22.6 Å². The van der Waals surface area contributed by atoms with Crippen molar-refractivity contribution < 1.29 is 9.90 Å². The van der Waals surface area contributed by atoms with Gasteiger partial charge < -0.3 is 5.11 Å². The minimum atomic E-state index is 0.264. The fraction of sp³-hybridized carbons (Fsp3) is 0.214. The van der Waals surface area contributed by atoms with Crippen molar-refractivity contribution >= 4 is 17.1 Å². The lowest BCUT2D eigenvalue weighted by Gasteiger charge is -2.04. The molecule has 0 radical (unpaired) electrons. The molecule has 0 aliphatic carbocycles. The van der Waals surface area contributed by atoms with Gasteiger partial charge in [0.25, 0.3) is 0 Å². The molecule has 0 aliphatic heterocycles. The van der Waals surface area contributed by atoms with Crippen LogP contribution in [0.4, 0.5) is 0 Å². The molecule has 0 saturated carbocycles. The zero-order chi connectivity index (χ0) is 12.1. The molecule has 2 nitrogen and oxygen atoms in total. The Morgan fingerprint density at radius 1 is 1.12 bits per heavy atom. The van der Waals surface area contributed by atoms with E-state index < -0.39 is 0 Å². The minimum Gasteiger partial charge on any atom is -0.508 e. The van der Waals surface area contributed by atoms with Crippen molar-refractivity contribution in [3.8, 4) is 5.75 Å². The molecule has 16 heavy (non-hydrogen) atoms. The molecule has 0 spiro atoms. The van der Waals surface area contributed by atoms with Crippen molar-refractivity contribution in [3.63, 3.8) is 0 Å². The average molecular weight is 216 g/mol. The van der Waals surface area contributed by atoms with Gasteiger partial charge in [-0.15, -0.1) is 0 Å². The number of carbonyl (C=O) groups excluding carboxylic acids is 1. The summed E-state index contributed by atoms with van der Waals surface area (Å²) in [7, 11) is 0. The molecule has 2 heteroatoms. The number of carbonyl (C=O) groups is 1. The molecule has 0 aromatic heterocycles. The maximum absolute atomic E-state index is 10.6. The van der Waals surface area contributed by atoms with Crippen molar-refractivity contribution in [2.24, 2.45) is 0 Å². The van der Waals surface area contributed by atoms with Crippen molar-refractivity contribution in [3.05, 3.63) is 41.5 Å². The van der Waals surface area contributed by atoms with Crippen LogP contribution in [0.1, 0.15) is 29.8 Å². The highest BCUT2D eigenvalue weighted by Crippen LogP contribution is 2.26. The van der Waals surface area contributed by atoms with Crippen LogP contribution in [-0.2, 0) is 0 Å². The van der Waals surface area contributed by atoms with Crippen LogP contribution in [0.5, 0.6) is 5.75 Å². The van der Waals surface area contributed by atoms with Gasteiger partial charge in [-0.25, -0.2) is 0 Å². The largest absolute Gasteiger partial charge is 0.508 e. The summed E-state index contributed by atoms with van der Waals surface area (Å²) in [6, 6.07) is 8.94. The summed E-state index contributed by atoms with van der Waals surface area (Å²) in [5.41, 5.74) is 1.44. The lowest BCUT2D eigenvalue weighted by molar-refractivity contribution is 0.112. The highest BCUT2D eigenvalue weighted by molar-refractivity contribution is 5.92. The van der Waals surface area contributed by atoms with E-state index in [1.165, 1.54) is 0 Å². The standard InChI is InChI=1S/C12H10O2.C2H6/c1-8-11-6-9(7-13)2-3-10(11)4-5-12(8)14;1-2/h2-7,14H,1H3;1-2H3. The highest BCUT2D eigenvalue weighted by Gasteiger charge is 2.02. The van der Waals surface area contributed by atoms with Gasteiger partial charge in [0.15, 0.2) is 0 Å². The van der Waals surface area contributed by atoms with Crippen LogP contribution in [0.15, 0.2) is 30.3 Å². The zero-order valence-corrected chi connectivity index (χ0v) is 9.82. The molecule has 0 saturated heterocycles. The Morgan fingerprint density at radius 3 is 2.38 bits per heavy atom. The van der Waals surface area contributed by atoms with E-state index in [-0.39, 0.29) is 5.75 Å². The van der Waals surface area contributed by atoms with Crippen LogP contribution in [0.25, 0.3) is 10.8 Å². The molecule has 0 fully saturated rings. The normalized spacial score (nSPS) is 9.44. The Labute approximate surface area is 95.5 Å². The minimum absolute atomic E-state index is 0.264. The van der Waals surface area contributed by atoms with Crippen LogP contribution in [0, 0.1) is 6.92 Å². The second-order valence-corrected chi connectivity index (χ2v) is 3.31. The molecule has 0 bridgehead atoms. The lowest BCUT2D eigenvalue weighted by atomic mass is 10.0. The second-order valence-electron chi connectivity index (χ2n) is 3.31. The molecule has 0 aliphatic rings. The predicted octanol–water partition coefficient (Wildman–Crippen LogP) is 3.69. The molecule has 2 aromatic rings. The Bertz CT molecular complexity index is 501. The summed E-state index contributed by atoms with van der Waals surface area (Å²) < 4.78 is 0. The maximum atomic E-state index is 10.6. The fourth-order valence-corrected chi connectivity index (χ4v) is 1.55. The van der Waals surface area contributed by atoms with Gasteiger partial charge in [-0.05, 0) is 35.4 Å². The smallest absolute Gasteiger partial charge is 0.150 e. The monoisotopic (exact) mass is 216 g/mol. The molecule has 0 heterocycles. The first-order valence-corrected chi connectivity index (χ1v) is 5.40. The van der Waals surface area contributed by atoms with Gasteiger partial charge in [-0.1, -0.05) is 32.0 Å². The Hall–Kier alpha value is -1.83. The number of hydrogen-bond donors (Lipinski definition) is 1. The van der Waals surface area contributed by atoms with E-state index in [9.17, 15) is 9.90 Å². The van der Waals surface area contributed by atoms with Crippen molar-refractivity contribution in [1.29, 1.82) is 0 Å². The van der Waals surface area contributed by atoms with Gasteiger partial charge >= 0.3 is 0 Å². The summed E-state index contributed by atoms with van der Waals surface area (Å²) in [5, 5.41) is 11.5. The quantitative estimate of drug-likeness (QED) is 0.738. The summed E-state index contributed by atoms with van der Waals surface area (Å²) in [5.74, 6) is 0.264. The summed E-state index contributed by atoms with van der Waals surface area (Å²) in [6.07, 6.45) is 0.808. The molecule has 0 amide bonds. The number of aryl methyl sites for hydroxylation is 1. The van der Waals surface area contributed by atoms with Gasteiger partial charge in [0, 0.05) is 5.56 Å². The SMILES string of the molecule is CC.Cc1c(O)ccc2ccc(C=O)cc12. The number of phenols is 1. The first kappa shape index (κ1) is 12.2. The third-order valence-electron chi connectivity index (χ3n) is 2.42. The first-order chi connectivity index (χ1) is 7.72. The number of hydrogen-bond acceptors (Lipinski definition) is 2. The highest BCUT2D eigenvalue weighted by atomic mass is 16.3. The number of aldehydes is 1. The summed E-state index contributed by atoms with van der Waals surface area (Å²) in [4.78, 5) is 10.6. The van der Waals surface area contributed by atoms with E-state index in [2.05, 4.69) is 0 Å². The molecule has 0 atom stereocenters. The van der Waals surface area contributed by atoms with Crippen LogP contribution in [0.3, 0.4) is 0 Å². The molecule has 2 rings (SSSR count). The summed E-state index contributed by atoms with van der Waals surface area (Å²) in [6.45, 7) is 5.84. The molecule has 2 aromatic carbocycles. The van der Waals surface area contributed by atoms with Gasteiger partial charge in [0.1, 0.15) is 12.0 Å². The number of fused-ring (bicyclic) bond motifs is 1. The van der Waals surface area contributed by atoms with Gasteiger partial charge in [-0.3, -0.25) is 4.79 Å². The number of aromatic hydroxyl groups is 1. The molecule has 1 N–H and O–H groups in total. The van der Waals surface area contributed by atoms with Crippen LogP contribution < -0.4 is 0 Å². The maximum Gasteiger partial charge on any atom is 0.150 e. The van der Waals surface area contributed by atoms with E-state index in [1.807, 2.05) is 32.9 Å². The van der Waals surface area contributed by atoms with Crippen LogP contribution >= 0.6 is 0 Å². The first-order valence-electron chi connectivity index (χ1n) is 5.40. The topological polar surface area (TPSA) is 37.3 Å². The third kappa shape index (κ3) is 2.22. The van der Waals surface area contributed by atoms with E-state index in [4.69, 9.17) is 0 Å². The van der Waals surface area contributed by atoms with Crippen molar-refractivity contribution in [2.45, 2.75) is 20.8 Å². The van der Waals surface area contributed by atoms with E-state index in [0.29, 0.717) is 5.56 Å². The van der Waals surface area contributed by atoms with Crippen LogP contribution in [-0.4, -0.2) is 11.4 Å². The summed E-state index contributed by atoms with van der Waals surface area (Å²) >= 11 is 0. The lowest BCUT2D eigenvalue weighted by Crippen LogP contribution is -1.83. The predicted molar refractivity (Wildman–Crippen MR) is 67.1 cm³/mol. The van der Waals surface area contributed by atoms with Gasteiger partial charge in [-0.2, -0.15) is 0 Å². The Kier molecular flexibility index (Phi) is 4.06. The second kappa shape index (κ2) is 5.31. The number of benzene rings is 2. The molecule has 84 valence electrons. The average Bonchev–Trinajstić information content (AvgIpc) is 2.36. The molecular weight excluding hydrogens is 200 g/mol. The molecular formula is C14H16O2. The van der Waals surface area contributed by atoms with Crippen molar-refractivity contribution in [1.82, 2.24) is 0 Å². The van der Waals surface area contributed by atoms with Crippen LogP contribution in [0.2, 0.25) is 0 Å². The third-order valence-corrected chi connectivity index (χ3v) is 2.42. The van der Waals surface area contributed by atoms with E-state index in [1.54, 1.807) is 18.2 Å². The number of phenolic OH excluding ortho intramolecular Hbond substituents is 1. The van der Waals surface area contributed by atoms with Crippen molar-refractivity contribution in [2.75, 3.05) is 0 Å². The zero-order valence-electron chi connectivity index (χ0n) is 9.82. The van der Waals surface area contributed by atoms with Gasteiger partial charge in [0.05, 0.1) is 0 Å². The Balaban J connectivity index is 0.000000606. The number of rotatable bonds is 1. The van der Waals surface area contributed by atoms with Gasteiger partial charge in [0.2, 0.25) is 0 Å². The molecule has 0 unspecified atom stereocenters. The fourth-order valence-electron chi connectivity index (χ4n) is 1.55. The Morgan fingerprint density at radius 2 is 1.75 bits per heavy atom.